The van der Waals surface area contributed by atoms with E-state index in [9.17, 15) is 4.79 Å². The number of aryl methyl sites for hydroxylation is 1. The van der Waals surface area contributed by atoms with Crippen LogP contribution < -0.4 is 5.32 Å². The Hall–Kier alpha value is -2.29. The minimum absolute atomic E-state index is 0.103. The molecular weight excluding hydrogens is 353 g/mol. The lowest BCUT2D eigenvalue weighted by molar-refractivity contribution is -0.116. The summed E-state index contributed by atoms with van der Waals surface area (Å²) in [5.74, 6) is -0.552. The van der Waals surface area contributed by atoms with E-state index in [-0.39, 0.29) is 5.91 Å². The van der Waals surface area contributed by atoms with Crippen molar-refractivity contribution in [2.24, 2.45) is 0 Å². The van der Waals surface area contributed by atoms with E-state index in [1.807, 2.05) is 55.5 Å². The molecule has 3 rings (SSSR count). The van der Waals surface area contributed by atoms with Gasteiger partial charge in [-0.15, -0.1) is 0 Å². The molecule has 0 bridgehead atoms. The zero-order valence-electron chi connectivity index (χ0n) is 13.7. The van der Waals surface area contributed by atoms with Gasteiger partial charge < -0.3 is 5.32 Å². The van der Waals surface area contributed by atoms with E-state index in [4.69, 9.17) is 23.2 Å². The van der Waals surface area contributed by atoms with Gasteiger partial charge in [0.05, 0.1) is 5.92 Å². The maximum Gasteiger partial charge on any atom is 0.236 e. The third-order valence-electron chi connectivity index (χ3n) is 3.99. The van der Waals surface area contributed by atoms with Crippen molar-refractivity contribution in [1.29, 1.82) is 0 Å². The first-order valence-corrected chi connectivity index (χ1v) is 8.67. The van der Waals surface area contributed by atoms with E-state index >= 15 is 0 Å². The van der Waals surface area contributed by atoms with Gasteiger partial charge in [-0.2, -0.15) is 0 Å². The number of rotatable bonds is 4. The molecule has 25 heavy (non-hydrogen) atoms. The number of hydrogen-bond donors (Lipinski definition) is 1. The van der Waals surface area contributed by atoms with Crippen LogP contribution in [0.15, 0.2) is 72.8 Å². The van der Waals surface area contributed by atoms with Gasteiger partial charge in [-0.1, -0.05) is 65.2 Å². The molecule has 0 heterocycles. The molecule has 0 aliphatic rings. The van der Waals surface area contributed by atoms with Crippen molar-refractivity contribution in [3.8, 4) is 0 Å². The number of anilines is 1. The van der Waals surface area contributed by atoms with Crippen LogP contribution in [0.5, 0.6) is 0 Å². The first-order valence-electron chi connectivity index (χ1n) is 7.91. The summed E-state index contributed by atoms with van der Waals surface area (Å²) in [6.45, 7) is 2.01. The van der Waals surface area contributed by atoms with Gasteiger partial charge in [-0.3, -0.25) is 4.79 Å². The van der Waals surface area contributed by atoms with Crippen molar-refractivity contribution in [1.82, 2.24) is 0 Å². The number of amides is 1. The van der Waals surface area contributed by atoms with Crippen LogP contribution in [0.4, 0.5) is 5.69 Å². The van der Waals surface area contributed by atoms with Gasteiger partial charge >= 0.3 is 0 Å². The first kappa shape index (κ1) is 17.5. The average molecular weight is 370 g/mol. The number of benzene rings is 3. The van der Waals surface area contributed by atoms with Crippen molar-refractivity contribution < 1.29 is 4.79 Å². The molecular formula is C21H17Cl2NO. The lowest BCUT2D eigenvalue weighted by Gasteiger charge is -2.18. The molecule has 0 spiro atoms. The van der Waals surface area contributed by atoms with E-state index in [0.29, 0.717) is 10.0 Å². The van der Waals surface area contributed by atoms with Crippen LogP contribution in [0.3, 0.4) is 0 Å². The molecule has 0 aromatic heterocycles. The number of halogens is 2. The lowest BCUT2D eigenvalue weighted by atomic mass is 9.90. The summed E-state index contributed by atoms with van der Waals surface area (Å²) in [5, 5.41) is 4.26. The molecule has 0 fully saturated rings. The molecule has 3 aromatic carbocycles. The third kappa shape index (κ3) is 4.41. The van der Waals surface area contributed by atoms with E-state index in [1.54, 1.807) is 24.3 Å². The summed E-state index contributed by atoms with van der Waals surface area (Å²) in [6.07, 6.45) is 0. The second-order valence-corrected chi connectivity index (χ2v) is 6.76. The predicted molar refractivity (Wildman–Crippen MR) is 105 cm³/mol. The Balaban J connectivity index is 1.94. The Bertz CT molecular complexity index is 810. The second-order valence-electron chi connectivity index (χ2n) is 5.89. The predicted octanol–water partition coefficient (Wildman–Crippen LogP) is 6.07. The van der Waals surface area contributed by atoms with Crippen LogP contribution in [0.1, 0.15) is 22.6 Å². The van der Waals surface area contributed by atoms with Crippen LogP contribution in [0.25, 0.3) is 0 Å². The number of carbonyl (C=O) groups excluding carboxylic acids is 1. The fraction of sp³-hybridized carbons (Fsp3) is 0.0952. The molecule has 1 amide bonds. The molecule has 0 atom stereocenters. The third-order valence-corrected chi connectivity index (χ3v) is 4.49. The number of carbonyl (C=O) groups is 1. The molecule has 2 nitrogen and oxygen atoms in total. The molecule has 0 aliphatic heterocycles. The summed E-state index contributed by atoms with van der Waals surface area (Å²) < 4.78 is 0. The van der Waals surface area contributed by atoms with E-state index in [1.165, 1.54) is 0 Å². The van der Waals surface area contributed by atoms with Gasteiger partial charge in [0.2, 0.25) is 5.91 Å². The molecule has 126 valence electrons. The molecule has 0 saturated heterocycles. The van der Waals surface area contributed by atoms with Crippen molar-refractivity contribution in [2.75, 3.05) is 5.32 Å². The van der Waals surface area contributed by atoms with Crippen molar-refractivity contribution in [2.45, 2.75) is 12.8 Å². The topological polar surface area (TPSA) is 29.1 Å². The highest BCUT2D eigenvalue weighted by molar-refractivity contribution is 6.30. The van der Waals surface area contributed by atoms with Gasteiger partial charge in [0.25, 0.3) is 0 Å². The lowest BCUT2D eigenvalue weighted by Crippen LogP contribution is -2.22. The van der Waals surface area contributed by atoms with Gasteiger partial charge in [0, 0.05) is 15.7 Å². The van der Waals surface area contributed by atoms with Gasteiger partial charge in [-0.05, 0) is 54.4 Å². The largest absolute Gasteiger partial charge is 0.325 e. The van der Waals surface area contributed by atoms with Crippen molar-refractivity contribution in [3.63, 3.8) is 0 Å². The zero-order valence-corrected chi connectivity index (χ0v) is 15.2. The highest BCUT2D eigenvalue weighted by Gasteiger charge is 2.23. The molecule has 1 N–H and O–H groups in total. The number of hydrogen-bond acceptors (Lipinski definition) is 1. The van der Waals surface area contributed by atoms with E-state index in [2.05, 4.69) is 5.32 Å². The zero-order chi connectivity index (χ0) is 17.8. The molecule has 0 unspecified atom stereocenters. The summed E-state index contributed by atoms with van der Waals surface area (Å²) in [6, 6.07) is 22.4. The van der Waals surface area contributed by atoms with Gasteiger partial charge in [-0.25, -0.2) is 0 Å². The molecule has 4 heteroatoms. The monoisotopic (exact) mass is 369 g/mol. The van der Waals surface area contributed by atoms with Gasteiger partial charge in [0.1, 0.15) is 0 Å². The van der Waals surface area contributed by atoms with Crippen LogP contribution in [0, 0.1) is 6.92 Å². The van der Waals surface area contributed by atoms with E-state index < -0.39 is 5.92 Å². The SMILES string of the molecule is Cc1ccc(NC(=O)C(c2ccc(Cl)cc2)c2ccc(Cl)cc2)cc1. The Morgan fingerprint density at radius 3 is 1.64 bits per heavy atom. The molecule has 0 aliphatic carbocycles. The highest BCUT2D eigenvalue weighted by Crippen LogP contribution is 2.28. The smallest absolute Gasteiger partial charge is 0.236 e. The quantitative estimate of drug-likeness (QED) is 0.593. The fourth-order valence-electron chi connectivity index (χ4n) is 2.66. The molecule has 0 saturated carbocycles. The van der Waals surface area contributed by atoms with Crippen LogP contribution in [-0.2, 0) is 4.79 Å². The Morgan fingerprint density at radius 2 is 1.20 bits per heavy atom. The second kappa shape index (κ2) is 7.73. The van der Waals surface area contributed by atoms with Crippen LogP contribution in [-0.4, -0.2) is 5.91 Å². The van der Waals surface area contributed by atoms with Crippen LogP contribution in [0.2, 0.25) is 10.0 Å². The first-order chi connectivity index (χ1) is 12.0. The maximum atomic E-state index is 13.0. The Labute approximate surface area is 157 Å². The normalized spacial score (nSPS) is 10.7. The number of nitrogens with one attached hydrogen (secondary N) is 1. The molecule has 0 radical (unpaired) electrons. The standard InChI is InChI=1S/C21H17Cl2NO/c1-14-2-12-19(13-3-14)24-21(25)20(15-4-8-17(22)9-5-15)16-6-10-18(23)11-7-16/h2-13,20H,1H3,(H,24,25). The van der Waals surface area contributed by atoms with Crippen LogP contribution >= 0.6 is 23.2 Å². The Morgan fingerprint density at radius 1 is 0.760 bits per heavy atom. The molecule has 3 aromatic rings. The average Bonchev–Trinajstić information content (AvgIpc) is 2.60. The summed E-state index contributed by atoms with van der Waals surface area (Å²) in [4.78, 5) is 13.0. The minimum Gasteiger partial charge on any atom is -0.325 e. The van der Waals surface area contributed by atoms with Crippen molar-refractivity contribution in [3.05, 3.63) is 99.5 Å². The van der Waals surface area contributed by atoms with Crippen molar-refractivity contribution >= 4 is 34.8 Å². The maximum absolute atomic E-state index is 13.0. The summed E-state index contributed by atoms with van der Waals surface area (Å²) in [7, 11) is 0. The summed E-state index contributed by atoms with van der Waals surface area (Å²) >= 11 is 12.0. The highest BCUT2D eigenvalue weighted by atomic mass is 35.5. The Kier molecular flexibility index (Phi) is 5.42. The summed E-state index contributed by atoms with van der Waals surface area (Å²) in [5.41, 5.74) is 3.65. The fourth-order valence-corrected chi connectivity index (χ4v) is 2.91. The van der Waals surface area contributed by atoms with E-state index in [0.717, 1.165) is 22.4 Å². The van der Waals surface area contributed by atoms with Gasteiger partial charge in [0.15, 0.2) is 0 Å². The minimum atomic E-state index is -0.448.